The number of oxazole rings is 1. The van der Waals surface area contributed by atoms with Crippen molar-refractivity contribution >= 4 is 45.2 Å². The Morgan fingerprint density at radius 3 is 1.17 bits per heavy atom. The number of anilines is 6. The molecule has 0 spiro atoms. The van der Waals surface area contributed by atoms with E-state index in [-0.39, 0.29) is 0 Å². The van der Waals surface area contributed by atoms with Crippen LogP contribution in [0.15, 0.2) is 192 Å². The zero-order chi connectivity index (χ0) is 31.4. The molecule has 0 N–H and O–H groups in total. The maximum atomic E-state index is 6.03. The number of hydrogen-bond donors (Lipinski definition) is 0. The Hall–Kier alpha value is -6.39. The molecule has 7 aromatic carbocycles. The topological polar surface area (TPSA) is 32.5 Å². The van der Waals surface area contributed by atoms with Crippen LogP contribution < -0.4 is 9.80 Å². The summed E-state index contributed by atoms with van der Waals surface area (Å²) in [4.78, 5) is 9.24. The first-order valence-corrected chi connectivity index (χ1v) is 15.7. The van der Waals surface area contributed by atoms with Crippen LogP contribution in [0.2, 0.25) is 0 Å². The van der Waals surface area contributed by atoms with Gasteiger partial charge in [-0.1, -0.05) is 91.0 Å². The summed E-state index contributed by atoms with van der Waals surface area (Å²) in [6, 6.07) is 65.2. The molecular weight excluding hydrogens is 574 g/mol. The molecule has 0 amide bonds. The van der Waals surface area contributed by atoms with E-state index in [0.717, 1.165) is 50.8 Å². The van der Waals surface area contributed by atoms with Crippen LogP contribution in [0.1, 0.15) is 0 Å². The van der Waals surface area contributed by atoms with Gasteiger partial charge in [-0.15, -0.1) is 0 Å². The maximum absolute atomic E-state index is 6.03. The van der Waals surface area contributed by atoms with Gasteiger partial charge in [-0.3, -0.25) is 0 Å². The van der Waals surface area contributed by atoms with Crippen molar-refractivity contribution in [3.63, 3.8) is 0 Å². The lowest BCUT2D eigenvalue weighted by Gasteiger charge is -2.28. The molecule has 8 aromatic rings. The van der Waals surface area contributed by atoms with Crippen LogP contribution in [0.5, 0.6) is 0 Å². The predicted molar refractivity (Wildman–Crippen MR) is 194 cm³/mol. The minimum atomic E-state index is 0.617. The van der Waals surface area contributed by atoms with Gasteiger partial charge in [0, 0.05) is 39.7 Å². The van der Waals surface area contributed by atoms with Crippen molar-refractivity contribution in [1.82, 2.24) is 4.98 Å². The van der Waals surface area contributed by atoms with Gasteiger partial charge in [0.1, 0.15) is 5.52 Å². The van der Waals surface area contributed by atoms with Crippen LogP contribution in [0.3, 0.4) is 0 Å². The average Bonchev–Trinajstić information content (AvgIpc) is 3.59. The summed E-state index contributed by atoms with van der Waals surface area (Å²) in [5.41, 5.74) is 11.4. The summed E-state index contributed by atoms with van der Waals surface area (Å²) >= 11 is 0. The van der Waals surface area contributed by atoms with Crippen LogP contribution in [0.25, 0.3) is 33.7 Å². The molecule has 0 aliphatic heterocycles. The monoisotopic (exact) mass is 605 g/mol. The number of para-hydroxylation sites is 4. The van der Waals surface area contributed by atoms with Gasteiger partial charge in [0.2, 0.25) is 5.89 Å². The quantitative estimate of drug-likeness (QED) is 0.172. The first kappa shape index (κ1) is 28.1. The molecule has 8 rings (SSSR count). The third kappa shape index (κ3) is 5.76. The second-order valence-electron chi connectivity index (χ2n) is 11.3. The molecule has 0 fully saturated rings. The minimum absolute atomic E-state index is 0.617. The fourth-order valence-corrected chi connectivity index (χ4v) is 5.98. The van der Waals surface area contributed by atoms with Gasteiger partial charge in [-0.2, -0.15) is 0 Å². The molecule has 0 unspecified atom stereocenters. The summed E-state index contributed by atoms with van der Waals surface area (Å²) in [7, 11) is 0. The Balaban J connectivity index is 1.14. The van der Waals surface area contributed by atoms with Gasteiger partial charge < -0.3 is 14.2 Å². The Labute approximate surface area is 274 Å². The van der Waals surface area contributed by atoms with Gasteiger partial charge in [0.15, 0.2) is 5.58 Å². The molecule has 0 aliphatic carbocycles. The molecule has 0 atom stereocenters. The maximum Gasteiger partial charge on any atom is 0.227 e. The summed E-state index contributed by atoms with van der Waals surface area (Å²) in [5.74, 6) is 0.617. The van der Waals surface area contributed by atoms with E-state index < -0.39 is 0 Å². The first-order chi connectivity index (χ1) is 23.3. The Bertz CT molecular complexity index is 2180. The largest absolute Gasteiger partial charge is 0.436 e. The van der Waals surface area contributed by atoms with Crippen molar-refractivity contribution in [2.24, 2.45) is 0 Å². The van der Waals surface area contributed by atoms with E-state index in [9.17, 15) is 0 Å². The second-order valence-corrected chi connectivity index (χ2v) is 11.3. The van der Waals surface area contributed by atoms with Crippen LogP contribution in [-0.4, -0.2) is 4.98 Å². The van der Waals surface area contributed by atoms with E-state index >= 15 is 0 Å². The molecule has 0 bridgehead atoms. The molecule has 224 valence electrons. The highest BCUT2D eigenvalue weighted by Gasteiger charge is 2.17. The third-order valence-electron chi connectivity index (χ3n) is 8.29. The first-order valence-electron chi connectivity index (χ1n) is 15.7. The SMILES string of the molecule is c1ccc(-c2ccc(N(c3ccccc3)c3ccc(N(c4ccccc4)c4ccc(-c5nc6ccccc6o5)cc4)cc3)cc2)cc1. The third-order valence-corrected chi connectivity index (χ3v) is 8.29. The van der Waals surface area contributed by atoms with Crippen LogP contribution in [0, 0.1) is 0 Å². The van der Waals surface area contributed by atoms with Crippen molar-refractivity contribution in [1.29, 1.82) is 0 Å². The fourth-order valence-electron chi connectivity index (χ4n) is 5.98. The fraction of sp³-hybridized carbons (Fsp3) is 0. The van der Waals surface area contributed by atoms with Crippen LogP contribution >= 0.6 is 0 Å². The van der Waals surface area contributed by atoms with Crippen LogP contribution in [0.4, 0.5) is 34.1 Å². The molecule has 4 nitrogen and oxygen atoms in total. The Morgan fingerprint density at radius 1 is 0.319 bits per heavy atom. The molecule has 0 radical (unpaired) electrons. The summed E-state index contributed by atoms with van der Waals surface area (Å²) < 4.78 is 6.03. The zero-order valence-corrected chi connectivity index (χ0v) is 25.6. The highest BCUT2D eigenvalue weighted by molar-refractivity contribution is 5.83. The molecule has 0 saturated carbocycles. The number of fused-ring (bicyclic) bond motifs is 1. The van der Waals surface area contributed by atoms with E-state index in [1.165, 1.54) is 11.1 Å². The molecule has 47 heavy (non-hydrogen) atoms. The minimum Gasteiger partial charge on any atom is -0.436 e. The van der Waals surface area contributed by atoms with Gasteiger partial charge in [-0.05, 0) is 108 Å². The van der Waals surface area contributed by atoms with Gasteiger partial charge in [0.05, 0.1) is 0 Å². The van der Waals surface area contributed by atoms with Crippen molar-refractivity contribution in [3.05, 3.63) is 188 Å². The van der Waals surface area contributed by atoms with Gasteiger partial charge in [0.25, 0.3) is 0 Å². The number of rotatable bonds is 8. The number of hydrogen-bond acceptors (Lipinski definition) is 4. The van der Waals surface area contributed by atoms with Crippen molar-refractivity contribution in [3.8, 4) is 22.6 Å². The number of aromatic nitrogens is 1. The normalized spacial score (nSPS) is 11.0. The molecule has 1 heterocycles. The standard InChI is InChI=1S/C43H31N3O/c1-4-12-32(13-5-1)33-20-24-37(25-21-33)45(35-14-6-2-7-15-35)39-28-30-40(31-29-39)46(36-16-8-3-9-17-36)38-26-22-34(23-27-38)43-44-41-18-10-11-19-42(41)47-43/h1-31H. The lowest BCUT2D eigenvalue weighted by molar-refractivity contribution is 0.620. The summed E-state index contributed by atoms with van der Waals surface area (Å²) in [6.45, 7) is 0. The number of nitrogens with zero attached hydrogens (tertiary/aromatic N) is 3. The highest BCUT2D eigenvalue weighted by Crippen LogP contribution is 2.40. The molecular formula is C43H31N3O. The molecule has 0 aliphatic rings. The van der Waals surface area contributed by atoms with E-state index in [4.69, 9.17) is 4.42 Å². The average molecular weight is 606 g/mol. The second kappa shape index (κ2) is 12.5. The van der Waals surface area contributed by atoms with E-state index in [2.05, 4.69) is 166 Å². The lowest BCUT2D eigenvalue weighted by atomic mass is 10.0. The van der Waals surface area contributed by atoms with Crippen molar-refractivity contribution < 1.29 is 4.42 Å². The summed E-state index contributed by atoms with van der Waals surface area (Å²) in [5, 5.41) is 0. The van der Waals surface area contributed by atoms with Crippen molar-refractivity contribution in [2.45, 2.75) is 0 Å². The van der Waals surface area contributed by atoms with Crippen LogP contribution in [-0.2, 0) is 0 Å². The predicted octanol–water partition coefficient (Wildman–Crippen LogP) is 12.1. The van der Waals surface area contributed by atoms with E-state index in [0.29, 0.717) is 5.89 Å². The lowest BCUT2D eigenvalue weighted by Crippen LogP contribution is -2.12. The smallest absolute Gasteiger partial charge is 0.227 e. The zero-order valence-electron chi connectivity index (χ0n) is 25.6. The Kier molecular flexibility index (Phi) is 7.50. The number of benzene rings is 7. The van der Waals surface area contributed by atoms with Crippen molar-refractivity contribution in [2.75, 3.05) is 9.80 Å². The van der Waals surface area contributed by atoms with Gasteiger partial charge >= 0.3 is 0 Å². The van der Waals surface area contributed by atoms with E-state index in [1.807, 2.05) is 36.4 Å². The summed E-state index contributed by atoms with van der Waals surface area (Å²) in [6.07, 6.45) is 0. The molecule has 1 aromatic heterocycles. The van der Waals surface area contributed by atoms with Gasteiger partial charge in [-0.25, -0.2) is 4.98 Å². The Morgan fingerprint density at radius 2 is 0.681 bits per heavy atom. The highest BCUT2D eigenvalue weighted by atomic mass is 16.3. The van der Waals surface area contributed by atoms with E-state index in [1.54, 1.807) is 0 Å². The molecule has 4 heteroatoms. The molecule has 0 saturated heterocycles.